The molecule has 0 fully saturated rings. The van der Waals surface area contributed by atoms with Gasteiger partial charge in [-0.3, -0.25) is 0 Å². The van der Waals surface area contributed by atoms with Crippen LogP contribution in [0.2, 0.25) is 0 Å². The maximum atomic E-state index is 8.27. The molecule has 20 heavy (non-hydrogen) atoms. The van der Waals surface area contributed by atoms with Crippen LogP contribution in [0.25, 0.3) is 32.9 Å². The largest absolute Gasteiger partial charge is 0.343 e. The van der Waals surface area contributed by atoms with E-state index in [2.05, 4.69) is 0 Å². The Morgan fingerprint density at radius 1 is 0.850 bits per heavy atom. The number of para-hydroxylation sites is 2. The van der Waals surface area contributed by atoms with E-state index >= 15 is 0 Å². The van der Waals surface area contributed by atoms with Crippen molar-refractivity contribution in [2.45, 2.75) is 0 Å². The Bertz CT molecular complexity index is 1130. The molecule has 96 valence electrons. The molecule has 0 unspecified atom stereocenters. The van der Waals surface area contributed by atoms with Gasteiger partial charge in [-0.1, -0.05) is 66.6 Å². The molecule has 0 aliphatic heterocycles. The summed E-state index contributed by atoms with van der Waals surface area (Å²) in [6.07, 6.45) is 0. The van der Waals surface area contributed by atoms with Crippen molar-refractivity contribution in [1.82, 2.24) is 4.57 Å². The topological polar surface area (TPSA) is 4.93 Å². The van der Waals surface area contributed by atoms with Gasteiger partial charge < -0.3 is 4.57 Å². The molecule has 0 radical (unpaired) electrons. The zero-order chi connectivity index (χ0) is 17.9. The van der Waals surface area contributed by atoms with Gasteiger partial charge in [0.1, 0.15) is 0 Å². The van der Waals surface area contributed by atoms with Gasteiger partial charge in [0, 0.05) is 28.9 Å². The molecule has 0 atom stereocenters. The van der Waals surface area contributed by atoms with Crippen LogP contribution in [-0.2, 0) is 7.05 Å². The Balaban J connectivity index is 2.21. The maximum absolute atomic E-state index is 8.27. The van der Waals surface area contributed by atoms with Gasteiger partial charge in [0.15, 0.2) is 0 Å². The highest BCUT2D eigenvalue weighted by Crippen LogP contribution is 2.34. The van der Waals surface area contributed by atoms with Crippen LogP contribution in [-0.4, -0.2) is 4.57 Å². The number of benzene rings is 3. The average Bonchev–Trinajstić information content (AvgIpc) is 2.92. The minimum atomic E-state index is -0.372. The molecule has 0 amide bonds. The summed E-state index contributed by atoms with van der Waals surface area (Å²) in [4.78, 5) is 0. The molecule has 1 heteroatoms. The van der Waals surface area contributed by atoms with Gasteiger partial charge in [-0.25, -0.2) is 0 Å². The van der Waals surface area contributed by atoms with Crippen molar-refractivity contribution in [3.63, 3.8) is 0 Å². The van der Waals surface area contributed by atoms with Crippen LogP contribution in [0, 0.1) is 0 Å². The van der Waals surface area contributed by atoms with E-state index in [1.165, 1.54) is 0 Å². The van der Waals surface area contributed by atoms with Crippen molar-refractivity contribution in [1.29, 1.82) is 0 Å². The first-order chi connectivity index (χ1) is 11.9. The molecule has 0 aliphatic carbocycles. The number of fused-ring (bicyclic) bond motifs is 3. The van der Waals surface area contributed by atoms with Gasteiger partial charge in [0.05, 0.1) is 12.4 Å². The van der Waals surface area contributed by atoms with Crippen molar-refractivity contribution in [2.75, 3.05) is 0 Å². The van der Waals surface area contributed by atoms with Crippen LogP contribution in [0.15, 0.2) is 72.7 Å². The van der Waals surface area contributed by atoms with Crippen molar-refractivity contribution < 1.29 is 6.85 Å². The quantitative estimate of drug-likeness (QED) is 0.455. The smallest absolute Gasteiger partial charge is 0.0629 e. The predicted molar refractivity (Wildman–Crippen MR) is 85.9 cm³/mol. The Morgan fingerprint density at radius 3 is 2.45 bits per heavy atom. The van der Waals surface area contributed by atoms with Crippen molar-refractivity contribution in [2.24, 2.45) is 7.05 Å². The van der Waals surface area contributed by atoms with Crippen LogP contribution in [0.5, 0.6) is 0 Å². The zero-order valence-corrected chi connectivity index (χ0v) is 11.0. The highest BCUT2D eigenvalue weighted by atomic mass is 14.9. The lowest BCUT2D eigenvalue weighted by molar-refractivity contribution is 1.02. The lowest BCUT2D eigenvalue weighted by Crippen LogP contribution is -1.89. The molecule has 0 saturated carbocycles. The third-order valence-electron chi connectivity index (χ3n) is 3.70. The molecule has 1 heterocycles. The zero-order valence-electron chi connectivity index (χ0n) is 16.0. The first kappa shape index (κ1) is 7.30. The lowest BCUT2D eigenvalue weighted by Gasteiger charge is -2.06. The fraction of sp³-hybridized carbons (Fsp3) is 0.0526. The molecule has 0 N–H and O–H groups in total. The second-order valence-electron chi connectivity index (χ2n) is 4.78. The Morgan fingerprint density at radius 2 is 1.60 bits per heavy atom. The molecule has 0 saturated heterocycles. The molecule has 0 bridgehead atoms. The molecular formula is C19H15N. The summed E-state index contributed by atoms with van der Waals surface area (Å²) in [5.74, 6) is 0. The van der Waals surface area contributed by atoms with Crippen molar-refractivity contribution >= 4 is 21.8 Å². The van der Waals surface area contributed by atoms with Gasteiger partial charge in [0.25, 0.3) is 0 Å². The Labute approximate surface area is 125 Å². The minimum absolute atomic E-state index is 0.177. The van der Waals surface area contributed by atoms with E-state index in [4.69, 9.17) is 6.85 Å². The van der Waals surface area contributed by atoms with Gasteiger partial charge in [0.2, 0.25) is 0 Å². The summed E-state index contributed by atoms with van der Waals surface area (Å²) in [6, 6.07) is 12.3. The average molecular weight is 262 g/mol. The second kappa shape index (κ2) is 4.24. The molecule has 1 aromatic heterocycles. The summed E-state index contributed by atoms with van der Waals surface area (Å²) in [5, 5.41) is 2.08. The van der Waals surface area contributed by atoms with Crippen LogP contribution >= 0.6 is 0 Å². The number of hydrogen-bond acceptors (Lipinski definition) is 0. The van der Waals surface area contributed by atoms with E-state index in [-0.39, 0.29) is 35.8 Å². The standard InChI is InChI=1S/C19H15N/c1-20-18-13-6-5-10-16(18)17-12-7-11-15(19(17)20)14-8-3-2-4-9-14/h2-13H,1H3/i2D,3D,4D,8D,9D. The third-order valence-corrected chi connectivity index (χ3v) is 3.70. The van der Waals surface area contributed by atoms with Crippen LogP contribution in [0.1, 0.15) is 6.85 Å². The van der Waals surface area contributed by atoms with Crippen molar-refractivity contribution in [3.05, 3.63) is 72.7 Å². The van der Waals surface area contributed by atoms with E-state index in [9.17, 15) is 0 Å². The lowest BCUT2D eigenvalue weighted by atomic mass is 10.0. The summed E-state index contributed by atoms with van der Waals surface area (Å²) in [7, 11) is 1.93. The number of aromatic nitrogens is 1. The van der Waals surface area contributed by atoms with Crippen LogP contribution < -0.4 is 0 Å². The van der Waals surface area contributed by atoms with Crippen molar-refractivity contribution in [3.8, 4) is 11.1 Å². The summed E-state index contributed by atoms with van der Waals surface area (Å²) in [5.41, 5.74) is 2.79. The van der Waals surface area contributed by atoms with Gasteiger partial charge in [-0.05, 0) is 11.6 Å². The number of nitrogens with zero attached hydrogens (tertiary/aromatic N) is 1. The molecule has 4 rings (SSSR count). The van der Waals surface area contributed by atoms with E-state index in [1.807, 2.05) is 54.1 Å². The Hall–Kier alpha value is -2.54. The number of hydrogen-bond donors (Lipinski definition) is 0. The van der Waals surface area contributed by atoms with Gasteiger partial charge in [-0.15, -0.1) is 0 Å². The van der Waals surface area contributed by atoms with Gasteiger partial charge in [-0.2, -0.15) is 0 Å². The van der Waals surface area contributed by atoms with Gasteiger partial charge >= 0.3 is 0 Å². The van der Waals surface area contributed by atoms with E-state index in [0.29, 0.717) is 5.56 Å². The first-order valence-electron chi connectivity index (χ1n) is 8.97. The highest BCUT2D eigenvalue weighted by molar-refractivity contribution is 6.12. The predicted octanol–water partition coefficient (Wildman–Crippen LogP) is 5.00. The molecule has 1 nitrogen and oxygen atoms in total. The summed E-state index contributed by atoms with van der Waals surface area (Å²) >= 11 is 0. The second-order valence-corrected chi connectivity index (χ2v) is 4.78. The molecule has 0 spiro atoms. The molecule has 3 aromatic carbocycles. The maximum Gasteiger partial charge on any atom is 0.0629 e. The first-order valence-corrected chi connectivity index (χ1v) is 6.47. The summed E-state index contributed by atoms with van der Waals surface area (Å²) < 4.78 is 42.2. The van der Waals surface area contributed by atoms with E-state index < -0.39 is 0 Å². The fourth-order valence-electron chi connectivity index (χ4n) is 2.82. The molecule has 0 aliphatic rings. The third kappa shape index (κ3) is 1.50. The summed E-state index contributed by atoms with van der Waals surface area (Å²) in [6.45, 7) is 0. The minimum Gasteiger partial charge on any atom is -0.343 e. The van der Waals surface area contributed by atoms with Crippen LogP contribution in [0.4, 0.5) is 0 Å². The van der Waals surface area contributed by atoms with Crippen LogP contribution in [0.3, 0.4) is 0 Å². The molecular weight excluding hydrogens is 242 g/mol. The number of aryl methyl sites for hydroxylation is 1. The Kier molecular flexibility index (Phi) is 1.55. The molecule has 4 aromatic rings. The fourth-order valence-corrected chi connectivity index (χ4v) is 2.82. The SMILES string of the molecule is [2H]c1c([2H])c([2H])c(-c2cccc3c4ccccc4n(C)c23)c([2H])c1[2H]. The normalized spacial score (nSPS) is 14.8. The van der Waals surface area contributed by atoms with E-state index in [1.54, 1.807) is 0 Å². The highest BCUT2D eigenvalue weighted by Gasteiger charge is 2.11. The number of rotatable bonds is 1. The van der Waals surface area contributed by atoms with E-state index in [0.717, 1.165) is 21.8 Å². The monoisotopic (exact) mass is 262 g/mol.